The standard InChI is InChI=1S/C16H19N3O6/c20-15(11-7-13(18(22)23)9-14(8-11)19(24)25)17-6-5-16(21)4-2-1-3-12(16)10-17/h7-9,12,21H,1-6,10H2/t12-,16+/m0/s1. The van der Waals surface area contributed by atoms with E-state index in [2.05, 4.69) is 0 Å². The van der Waals surface area contributed by atoms with Crippen LogP contribution in [0.1, 0.15) is 42.5 Å². The normalized spacial score (nSPS) is 26.0. The number of hydrogen-bond acceptors (Lipinski definition) is 6. The lowest BCUT2D eigenvalue weighted by molar-refractivity contribution is -0.394. The Balaban J connectivity index is 1.86. The second-order valence-corrected chi connectivity index (χ2v) is 6.80. The fraction of sp³-hybridized carbons (Fsp3) is 0.562. The molecule has 9 heteroatoms. The van der Waals surface area contributed by atoms with Crippen molar-refractivity contribution < 1.29 is 19.7 Å². The molecular weight excluding hydrogens is 330 g/mol. The van der Waals surface area contributed by atoms with E-state index in [9.17, 15) is 30.1 Å². The van der Waals surface area contributed by atoms with Crippen molar-refractivity contribution in [1.82, 2.24) is 4.90 Å². The third-order valence-corrected chi connectivity index (χ3v) is 5.29. The predicted octanol–water partition coefficient (Wildman–Crippen LogP) is 2.27. The van der Waals surface area contributed by atoms with Gasteiger partial charge in [0.2, 0.25) is 0 Å². The van der Waals surface area contributed by atoms with Crippen molar-refractivity contribution in [3.63, 3.8) is 0 Å². The molecule has 0 aromatic heterocycles. The third-order valence-electron chi connectivity index (χ3n) is 5.29. The Kier molecular flexibility index (Phi) is 4.42. The number of aliphatic hydroxyl groups is 1. The topological polar surface area (TPSA) is 127 Å². The first-order chi connectivity index (χ1) is 11.8. The number of nitrogens with zero attached hydrogens (tertiary/aromatic N) is 3. The monoisotopic (exact) mass is 349 g/mol. The van der Waals surface area contributed by atoms with Gasteiger partial charge in [0.15, 0.2) is 0 Å². The highest BCUT2D eigenvalue weighted by Gasteiger charge is 2.44. The van der Waals surface area contributed by atoms with E-state index in [-0.39, 0.29) is 11.5 Å². The number of hydrogen-bond donors (Lipinski definition) is 1. The van der Waals surface area contributed by atoms with Crippen LogP contribution >= 0.6 is 0 Å². The Labute approximate surface area is 143 Å². The summed E-state index contributed by atoms with van der Waals surface area (Å²) in [5.41, 5.74) is -1.78. The summed E-state index contributed by atoms with van der Waals surface area (Å²) >= 11 is 0. The van der Waals surface area contributed by atoms with Crippen LogP contribution in [0.5, 0.6) is 0 Å². The molecule has 1 N–H and O–H groups in total. The van der Waals surface area contributed by atoms with Gasteiger partial charge in [0, 0.05) is 31.1 Å². The Bertz CT molecular complexity index is 704. The quantitative estimate of drug-likeness (QED) is 0.659. The minimum absolute atomic E-state index is 0.0207. The SMILES string of the molecule is O=C(c1cc([N+](=O)[O-])cc([N+](=O)[O-])c1)N1CC[C@]2(O)CCCC[C@H]2C1. The third kappa shape index (κ3) is 3.32. The molecule has 134 valence electrons. The molecule has 1 heterocycles. The highest BCUT2D eigenvalue weighted by molar-refractivity contribution is 5.95. The average molecular weight is 349 g/mol. The number of carbonyl (C=O) groups is 1. The molecule has 1 saturated carbocycles. The Morgan fingerprint density at radius 3 is 2.36 bits per heavy atom. The van der Waals surface area contributed by atoms with Crippen LogP contribution in [0.25, 0.3) is 0 Å². The second-order valence-electron chi connectivity index (χ2n) is 6.80. The van der Waals surface area contributed by atoms with Crippen molar-refractivity contribution >= 4 is 17.3 Å². The number of rotatable bonds is 3. The number of non-ortho nitro benzene ring substituents is 2. The van der Waals surface area contributed by atoms with Crippen molar-refractivity contribution in [3.8, 4) is 0 Å². The number of carbonyl (C=O) groups excluding carboxylic acids is 1. The van der Waals surface area contributed by atoms with Gasteiger partial charge < -0.3 is 10.0 Å². The molecule has 0 bridgehead atoms. The number of nitro groups is 2. The van der Waals surface area contributed by atoms with Gasteiger partial charge in [0.25, 0.3) is 17.3 Å². The summed E-state index contributed by atoms with van der Waals surface area (Å²) in [6, 6.07) is 2.97. The number of benzene rings is 1. The van der Waals surface area contributed by atoms with Crippen LogP contribution in [0, 0.1) is 26.1 Å². The van der Waals surface area contributed by atoms with E-state index in [0.717, 1.165) is 43.9 Å². The molecule has 1 aliphatic heterocycles. The highest BCUT2D eigenvalue weighted by atomic mass is 16.6. The molecule has 0 unspecified atom stereocenters. The van der Waals surface area contributed by atoms with Crippen molar-refractivity contribution in [1.29, 1.82) is 0 Å². The van der Waals surface area contributed by atoms with Crippen LogP contribution in [-0.2, 0) is 0 Å². The molecule has 1 saturated heterocycles. The van der Waals surface area contributed by atoms with Crippen LogP contribution in [0.2, 0.25) is 0 Å². The van der Waals surface area contributed by atoms with Crippen LogP contribution in [0.4, 0.5) is 11.4 Å². The van der Waals surface area contributed by atoms with Crippen LogP contribution < -0.4 is 0 Å². The molecule has 3 rings (SSSR count). The molecule has 2 fully saturated rings. The number of piperidine rings is 1. The maximum Gasteiger partial charge on any atom is 0.277 e. The zero-order valence-electron chi connectivity index (χ0n) is 13.6. The average Bonchev–Trinajstić information content (AvgIpc) is 2.59. The predicted molar refractivity (Wildman–Crippen MR) is 87.2 cm³/mol. The van der Waals surface area contributed by atoms with Crippen LogP contribution in [0.3, 0.4) is 0 Å². The lowest BCUT2D eigenvalue weighted by Crippen LogP contribution is -2.54. The van der Waals surface area contributed by atoms with E-state index in [1.807, 2.05) is 0 Å². The second kappa shape index (κ2) is 6.40. The zero-order valence-corrected chi connectivity index (χ0v) is 13.6. The summed E-state index contributed by atoms with van der Waals surface area (Å²) in [6.07, 6.45) is 3.98. The number of amides is 1. The van der Waals surface area contributed by atoms with Crippen molar-refractivity contribution in [2.75, 3.05) is 13.1 Å². The number of nitro benzene ring substituents is 2. The van der Waals surface area contributed by atoms with Gasteiger partial charge in [-0.2, -0.15) is 0 Å². The Hall–Kier alpha value is -2.55. The first-order valence-corrected chi connectivity index (χ1v) is 8.26. The molecule has 9 nitrogen and oxygen atoms in total. The van der Waals surface area contributed by atoms with Gasteiger partial charge in [-0.25, -0.2) is 0 Å². The molecule has 0 spiro atoms. The van der Waals surface area contributed by atoms with E-state index in [1.165, 1.54) is 4.90 Å². The first kappa shape index (κ1) is 17.3. The molecule has 1 aromatic rings. The first-order valence-electron chi connectivity index (χ1n) is 8.26. The Morgan fingerprint density at radius 2 is 1.76 bits per heavy atom. The molecule has 25 heavy (non-hydrogen) atoms. The van der Waals surface area contributed by atoms with E-state index in [1.54, 1.807) is 0 Å². The van der Waals surface area contributed by atoms with Crippen LogP contribution in [0.15, 0.2) is 18.2 Å². The summed E-state index contributed by atoms with van der Waals surface area (Å²) in [4.78, 5) is 34.7. The van der Waals surface area contributed by atoms with E-state index < -0.39 is 32.7 Å². The minimum atomic E-state index is -0.750. The van der Waals surface area contributed by atoms with Gasteiger partial charge in [-0.15, -0.1) is 0 Å². The summed E-state index contributed by atoms with van der Waals surface area (Å²) in [6.45, 7) is 0.703. The van der Waals surface area contributed by atoms with Gasteiger partial charge in [0.1, 0.15) is 0 Å². The fourth-order valence-corrected chi connectivity index (χ4v) is 3.87. The maximum atomic E-state index is 12.7. The summed E-state index contributed by atoms with van der Waals surface area (Å²) in [7, 11) is 0. The molecule has 1 aromatic carbocycles. The van der Waals surface area contributed by atoms with E-state index >= 15 is 0 Å². The van der Waals surface area contributed by atoms with Gasteiger partial charge >= 0.3 is 0 Å². The molecule has 1 amide bonds. The lowest BCUT2D eigenvalue weighted by Gasteiger charge is -2.47. The summed E-state index contributed by atoms with van der Waals surface area (Å²) in [5.74, 6) is -0.493. The molecule has 2 aliphatic rings. The van der Waals surface area contributed by atoms with Crippen molar-refractivity contribution in [2.45, 2.75) is 37.7 Å². The highest BCUT2D eigenvalue weighted by Crippen LogP contribution is 2.40. The van der Waals surface area contributed by atoms with Crippen molar-refractivity contribution in [3.05, 3.63) is 44.0 Å². The van der Waals surface area contributed by atoms with E-state index in [4.69, 9.17) is 0 Å². The van der Waals surface area contributed by atoms with Gasteiger partial charge in [-0.1, -0.05) is 12.8 Å². The Morgan fingerprint density at radius 1 is 1.12 bits per heavy atom. The maximum absolute atomic E-state index is 12.7. The van der Waals surface area contributed by atoms with Crippen molar-refractivity contribution in [2.24, 2.45) is 5.92 Å². The lowest BCUT2D eigenvalue weighted by atomic mass is 9.71. The fourth-order valence-electron chi connectivity index (χ4n) is 3.87. The smallest absolute Gasteiger partial charge is 0.277 e. The van der Waals surface area contributed by atoms with Gasteiger partial charge in [-0.3, -0.25) is 25.0 Å². The van der Waals surface area contributed by atoms with E-state index in [0.29, 0.717) is 19.5 Å². The molecule has 2 atom stereocenters. The van der Waals surface area contributed by atoms with Gasteiger partial charge in [0.05, 0.1) is 27.1 Å². The molecular formula is C16H19N3O6. The molecule has 1 aliphatic carbocycles. The molecule has 0 radical (unpaired) electrons. The summed E-state index contributed by atoms with van der Waals surface area (Å²) < 4.78 is 0. The minimum Gasteiger partial charge on any atom is -0.389 e. The van der Waals surface area contributed by atoms with Gasteiger partial charge in [-0.05, 0) is 19.3 Å². The zero-order chi connectivity index (χ0) is 18.2. The summed E-state index contributed by atoms with van der Waals surface area (Å²) in [5, 5.41) is 32.6. The largest absolute Gasteiger partial charge is 0.389 e. The number of fused-ring (bicyclic) bond motifs is 1. The number of likely N-dealkylation sites (tertiary alicyclic amines) is 1. The van der Waals surface area contributed by atoms with Crippen LogP contribution in [-0.4, -0.2) is 44.5 Å².